The molecule has 1 aromatic carbocycles. The molecule has 1 saturated heterocycles. The number of carbonyl (C=O) groups is 1. The highest BCUT2D eigenvalue weighted by Gasteiger charge is 2.18. The lowest BCUT2D eigenvalue weighted by molar-refractivity contribution is -0.129. The molecule has 1 aliphatic rings. The van der Waals surface area contributed by atoms with Crippen molar-refractivity contribution in [3.8, 4) is 11.5 Å². The third kappa shape index (κ3) is 8.49. The number of guanidine groups is 1. The summed E-state index contributed by atoms with van der Waals surface area (Å²) in [6, 6.07) is 4.97. The van der Waals surface area contributed by atoms with Gasteiger partial charge in [-0.25, -0.2) is 4.99 Å². The third-order valence-corrected chi connectivity index (χ3v) is 4.41. The van der Waals surface area contributed by atoms with E-state index in [2.05, 4.69) is 20.4 Å². The van der Waals surface area contributed by atoms with Gasteiger partial charge in [-0.15, -0.1) is 24.0 Å². The van der Waals surface area contributed by atoms with Crippen LogP contribution < -0.4 is 20.1 Å². The van der Waals surface area contributed by atoms with Gasteiger partial charge in [0, 0.05) is 38.2 Å². The molecule has 0 radical (unpaired) electrons. The number of amides is 1. The van der Waals surface area contributed by atoms with Crippen LogP contribution in [0.2, 0.25) is 0 Å². The number of benzene rings is 1. The van der Waals surface area contributed by atoms with Crippen LogP contribution in [0.1, 0.15) is 38.7 Å². The lowest BCUT2D eigenvalue weighted by Crippen LogP contribution is -2.39. The first-order chi connectivity index (χ1) is 14.0. The van der Waals surface area contributed by atoms with E-state index in [9.17, 15) is 13.6 Å². The third-order valence-electron chi connectivity index (χ3n) is 4.41. The molecule has 0 spiro atoms. The minimum Gasteiger partial charge on any atom is -0.490 e. The highest BCUT2D eigenvalue weighted by Crippen LogP contribution is 2.33. The van der Waals surface area contributed by atoms with Gasteiger partial charge in [-0.05, 0) is 32.8 Å². The molecule has 7 nitrogen and oxygen atoms in total. The highest BCUT2D eigenvalue weighted by molar-refractivity contribution is 14.0. The second-order valence-electron chi connectivity index (χ2n) is 6.52. The van der Waals surface area contributed by atoms with Crippen LogP contribution in [0.5, 0.6) is 11.5 Å². The fourth-order valence-electron chi connectivity index (χ4n) is 3.10. The Bertz CT molecular complexity index is 686. The molecule has 0 aromatic heterocycles. The minimum atomic E-state index is -2.96. The first-order valence-electron chi connectivity index (χ1n) is 10.0. The standard InChI is InChI=1S/C20H30F2N4O3.HI/c1-3-23-20(24-11-10-17(27)26-12-5-6-13-26)25-14-15-8-7-9-16(28-4-2)18(15)29-19(21)22;/h7-9,19H,3-6,10-14H2,1-2H3,(H2,23,24,25);1H. The lowest BCUT2D eigenvalue weighted by Gasteiger charge is -2.17. The van der Waals surface area contributed by atoms with Crippen LogP contribution in [-0.4, -0.2) is 56.2 Å². The summed E-state index contributed by atoms with van der Waals surface area (Å²) in [6.07, 6.45) is 2.50. The molecule has 0 atom stereocenters. The normalized spacial score (nSPS) is 13.8. The van der Waals surface area contributed by atoms with Crippen molar-refractivity contribution in [3.05, 3.63) is 23.8 Å². The van der Waals surface area contributed by atoms with E-state index < -0.39 is 6.61 Å². The number of rotatable bonds is 10. The molecule has 1 fully saturated rings. The van der Waals surface area contributed by atoms with E-state index in [4.69, 9.17) is 4.74 Å². The molecule has 0 bridgehead atoms. The van der Waals surface area contributed by atoms with Gasteiger partial charge >= 0.3 is 6.61 Å². The number of hydrogen-bond donors (Lipinski definition) is 2. The summed E-state index contributed by atoms with van der Waals surface area (Å²) in [4.78, 5) is 18.4. The Morgan fingerprint density at radius 2 is 1.97 bits per heavy atom. The molecule has 1 aliphatic heterocycles. The second kappa shape index (κ2) is 14.2. The Labute approximate surface area is 193 Å². The van der Waals surface area contributed by atoms with Crippen LogP contribution in [0.3, 0.4) is 0 Å². The number of nitrogens with zero attached hydrogens (tertiary/aromatic N) is 2. The van der Waals surface area contributed by atoms with Crippen molar-refractivity contribution in [2.75, 3.05) is 32.8 Å². The summed E-state index contributed by atoms with van der Waals surface area (Å²) in [5, 5.41) is 6.21. The van der Waals surface area contributed by atoms with Gasteiger partial charge in [0.2, 0.25) is 5.91 Å². The largest absolute Gasteiger partial charge is 0.490 e. The quantitative estimate of drug-likeness (QED) is 0.271. The Kier molecular flexibility index (Phi) is 12.4. The van der Waals surface area contributed by atoms with Gasteiger partial charge < -0.3 is 25.0 Å². The Balaban J connectivity index is 0.00000450. The number of carbonyl (C=O) groups excluding carboxylic acids is 1. The van der Waals surface area contributed by atoms with E-state index in [1.54, 1.807) is 25.1 Å². The number of ether oxygens (including phenoxy) is 2. The molecule has 0 aliphatic carbocycles. The van der Waals surface area contributed by atoms with Gasteiger partial charge in [0.05, 0.1) is 13.2 Å². The van der Waals surface area contributed by atoms with Crippen molar-refractivity contribution < 1.29 is 23.0 Å². The fourth-order valence-corrected chi connectivity index (χ4v) is 3.10. The van der Waals surface area contributed by atoms with Gasteiger partial charge in [-0.3, -0.25) is 4.79 Å². The molecular weight excluding hydrogens is 509 g/mol. The molecule has 2 rings (SSSR count). The van der Waals surface area contributed by atoms with E-state index >= 15 is 0 Å². The van der Waals surface area contributed by atoms with Gasteiger partial charge in [0.25, 0.3) is 0 Å². The van der Waals surface area contributed by atoms with E-state index in [1.165, 1.54) is 0 Å². The maximum atomic E-state index is 12.8. The summed E-state index contributed by atoms with van der Waals surface area (Å²) >= 11 is 0. The average Bonchev–Trinajstić information content (AvgIpc) is 3.22. The molecule has 0 saturated carbocycles. The summed E-state index contributed by atoms with van der Waals surface area (Å²) in [6.45, 7) is 3.93. The Morgan fingerprint density at radius 3 is 2.60 bits per heavy atom. The van der Waals surface area contributed by atoms with E-state index in [1.807, 2.05) is 11.8 Å². The van der Waals surface area contributed by atoms with Crippen LogP contribution in [0, 0.1) is 0 Å². The number of likely N-dealkylation sites (tertiary alicyclic amines) is 1. The molecule has 170 valence electrons. The highest BCUT2D eigenvalue weighted by atomic mass is 127. The number of alkyl halides is 2. The number of para-hydroxylation sites is 1. The molecule has 1 heterocycles. The van der Waals surface area contributed by atoms with Crippen molar-refractivity contribution in [1.82, 2.24) is 15.5 Å². The van der Waals surface area contributed by atoms with Crippen LogP contribution in [-0.2, 0) is 11.3 Å². The number of hydrogen-bond acceptors (Lipinski definition) is 4. The van der Waals surface area contributed by atoms with Crippen molar-refractivity contribution in [3.63, 3.8) is 0 Å². The smallest absolute Gasteiger partial charge is 0.387 e. The van der Waals surface area contributed by atoms with Crippen molar-refractivity contribution >= 4 is 35.8 Å². The molecule has 0 unspecified atom stereocenters. The molecular formula is C20H31F2IN4O3. The molecule has 2 N–H and O–H groups in total. The maximum absolute atomic E-state index is 12.8. The zero-order chi connectivity index (χ0) is 21.1. The zero-order valence-electron chi connectivity index (χ0n) is 17.5. The van der Waals surface area contributed by atoms with Crippen LogP contribution in [0.25, 0.3) is 0 Å². The lowest BCUT2D eigenvalue weighted by atomic mass is 10.2. The molecule has 1 aromatic rings. The van der Waals surface area contributed by atoms with Crippen LogP contribution in [0.4, 0.5) is 8.78 Å². The fraction of sp³-hybridized carbons (Fsp3) is 0.600. The van der Waals surface area contributed by atoms with Crippen LogP contribution in [0.15, 0.2) is 23.2 Å². The molecule has 10 heteroatoms. The summed E-state index contributed by atoms with van der Waals surface area (Å²) in [5.74, 6) is 0.886. The van der Waals surface area contributed by atoms with Gasteiger partial charge in [-0.1, -0.05) is 12.1 Å². The maximum Gasteiger partial charge on any atom is 0.387 e. The van der Waals surface area contributed by atoms with Crippen molar-refractivity contribution in [2.45, 2.75) is 46.3 Å². The summed E-state index contributed by atoms with van der Waals surface area (Å²) < 4.78 is 35.7. The molecule has 1 amide bonds. The monoisotopic (exact) mass is 540 g/mol. The van der Waals surface area contributed by atoms with E-state index in [0.717, 1.165) is 25.9 Å². The van der Waals surface area contributed by atoms with E-state index in [-0.39, 0.29) is 47.9 Å². The summed E-state index contributed by atoms with van der Waals surface area (Å²) in [5.41, 5.74) is 0.488. The first-order valence-corrected chi connectivity index (χ1v) is 10.0. The predicted molar refractivity (Wildman–Crippen MR) is 123 cm³/mol. The van der Waals surface area contributed by atoms with Gasteiger partial charge in [-0.2, -0.15) is 8.78 Å². The Morgan fingerprint density at radius 1 is 1.23 bits per heavy atom. The van der Waals surface area contributed by atoms with Crippen molar-refractivity contribution in [1.29, 1.82) is 0 Å². The van der Waals surface area contributed by atoms with Gasteiger partial charge in [0.1, 0.15) is 0 Å². The SMILES string of the molecule is CCNC(=NCc1cccc(OCC)c1OC(F)F)NCCC(=O)N1CCCC1.I. The molecule has 30 heavy (non-hydrogen) atoms. The number of aliphatic imine (C=N–C) groups is 1. The minimum absolute atomic E-state index is 0. The first kappa shape index (κ1) is 26.2. The van der Waals surface area contributed by atoms with E-state index in [0.29, 0.717) is 37.6 Å². The topological polar surface area (TPSA) is 75.2 Å². The van der Waals surface area contributed by atoms with Crippen molar-refractivity contribution in [2.24, 2.45) is 4.99 Å². The second-order valence-corrected chi connectivity index (χ2v) is 6.52. The van der Waals surface area contributed by atoms with Gasteiger partial charge in [0.15, 0.2) is 17.5 Å². The van der Waals surface area contributed by atoms with Crippen LogP contribution >= 0.6 is 24.0 Å². The Hall–Kier alpha value is -1.85. The zero-order valence-corrected chi connectivity index (χ0v) is 19.8. The summed E-state index contributed by atoms with van der Waals surface area (Å²) in [7, 11) is 0. The number of nitrogens with one attached hydrogen (secondary N) is 2. The predicted octanol–water partition coefficient (Wildman–Crippen LogP) is 3.37. The average molecular weight is 540 g/mol. The number of halogens is 3.